The van der Waals surface area contributed by atoms with Crippen molar-refractivity contribution in [3.05, 3.63) is 0 Å². The molecule has 0 fully saturated rings. The number of unbranched alkanes of at least 4 members (excludes halogenated alkanes) is 6. The Morgan fingerprint density at radius 1 is 0.583 bits per heavy atom. The van der Waals surface area contributed by atoms with Gasteiger partial charge in [-0.1, -0.05) is 79.1 Å². The molecule has 144 valence electrons. The quantitative estimate of drug-likeness (QED) is 0.371. The third-order valence-corrected chi connectivity index (χ3v) is 3.84. The largest absolute Gasteiger partial charge is 0.481 e. The van der Waals surface area contributed by atoms with E-state index in [2.05, 4.69) is 27.7 Å². The number of carbonyl (C=O) groups is 2. The van der Waals surface area contributed by atoms with Crippen molar-refractivity contribution < 1.29 is 19.8 Å². The highest BCUT2D eigenvalue weighted by atomic mass is 16.4. The van der Waals surface area contributed by atoms with Crippen LogP contribution in [0, 0.1) is 11.8 Å². The van der Waals surface area contributed by atoms with E-state index in [1.807, 2.05) is 0 Å². The summed E-state index contributed by atoms with van der Waals surface area (Å²) in [4.78, 5) is 20.3. The molecule has 4 nitrogen and oxygen atoms in total. The zero-order valence-corrected chi connectivity index (χ0v) is 16.4. The molecule has 0 spiro atoms. The van der Waals surface area contributed by atoms with Crippen molar-refractivity contribution in [3.63, 3.8) is 0 Å². The Hall–Kier alpha value is -1.06. The summed E-state index contributed by atoms with van der Waals surface area (Å²) in [5.74, 6) is 0.228. The van der Waals surface area contributed by atoms with Gasteiger partial charge < -0.3 is 10.2 Å². The van der Waals surface area contributed by atoms with Gasteiger partial charge in [-0.15, -0.1) is 0 Å². The predicted octanol–water partition coefficient (Wildman–Crippen LogP) is 6.14. The molecule has 0 atom stereocenters. The van der Waals surface area contributed by atoms with Crippen LogP contribution >= 0.6 is 0 Å². The first-order valence-corrected chi connectivity index (χ1v) is 9.69. The van der Waals surface area contributed by atoms with Crippen molar-refractivity contribution in [2.24, 2.45) is 11.8 Å². The molecule has 0 aliphatic heterocycles. The monoisotopic (exact) mass is 344 g/mol. The highest BCUT2D eigenvalue weighted by Gasteiger charge is 1.98. The number of rotatable bonds is 14. The lowest BCUT2D eigenvalue weighted by Crippen LogP contribution is -1.94. The van der Waals surface area contributed by atoms with Crippen LogP contribution in [-0.4, -0.2) is 22.2 Å². The van der Waals surface area contributed by atoms with Gasteiger partial charge >= 0.3 is 11.9 Å². The molecule has 0 amide bonds. The second-order valence-electron chi connectivity index (χ2n) is 7.48. The van der Waals surface area contributed by atoms with E-state index in [1.165, 1.54) is 38.5 Å². The molecule has 0 heterocycles. The summed E-state index contributed by atoms with van der Waals surface area (Å²) in [5.41, 5.74) is 0. The Bertz CT molecular complexity index is 268. The molecule has 4 heteroatoms. The van der Waals surface area contributed by atoms with Gasteiger partial charge in [-0.05, 0) is 24.7 Å². The van der Waals surface area contributed by atoms with Crippen LogP contribution in [-0.2, 0) is 9.59 Å². The molecule has 0 rings (SSSR count). The SMILES string of the molecule is CC(C)CCCCCCC(=O)O.CC(C)CCCCCCC(=O)O. The molecule has 2 N–H and O–H groups in total. The van der Waals surface area contributed by atoms with E-state index in [4.69, 9.17) is 10.2 Å². The van der Waals surface area contributed by atoms with Crippen molar-refractivity contribution in [2.75, 3.05) is 0 Å². The van der Waals surface area contributed by atoms with Crippen LogP contribution in [0.2, 0.25) is 0 Å². The van der Waals surface area contributed by atoms with E-state index >= 15 is 0 Å². The molecule has 0 aromatic heterocycles. The maximum atomic E-state index is 10.1. The second-order valence-corrected chi connectivity index (χ2v) is 7.48. The van der Waals surface area contributed by atoms with Gasteiger partial charge in [0.05, 0.1) is 0 Å². The molecule has 0 radical (unpaired) electrons. The number of carboxylic acid groups (broad SMARTS) is 2. The summed E-state index contributed by atoms with van der Waals surface area (Å²) < 4.78 is 0. The third-order valence-electron chi connectivity index (χ3n) is 3.84. The number of aliphatic carboxylic acids is 2. The van der Waals surface area contributed by atoms with E-state index < -0.39 is 11.9 Å². The lowest BCUT2D eigenvalue weighted by Gasteiger charge is -2.02. The third kappa shape index (κ3) is 29.0. The second kappa shape index (κ2) is 18.3. The standard InChI is InChI=1S/2C10H20O2/c2*1-9(2)7-5-3-4-6-8-10(11)12/h2*9H,3-8H2,1-2H3,(H,11,12). The molecule has 0 aromatic rings. The summed E-state index contributed by atoms with van der Waals surface area (Å²) in [5, 5.41) is 16.7. The highest BCUT2D eigenvalue weighted by Crippen LogP contribution is 2.11. The first-order valence-electron chi connectivity index (χ1n) is 9.69. The van der Waals surface area contributed by atoms with E-state index in [0.29, 0.717) is 12.8 Å². The van der Waals surface area contributed by atoms with Gasteiger partial charge in [0.25, 0.3) is 0 Å². The fourth-order valence-corrected chi connectivity index (χ4v) is 2.36. The molecule has 0 unspecified atom stereocenters. The first kappa shape index (κ1) is 25.2. The molecule has 0 aliphatic rings. The molecular formula is C20H40O4. The first-order chi connectivity index (χ1) is 11.3. The van der Waals surface area contributed by atoms with Gasteiger partial charge in [0, 0.05) is 12.8 Å². The average molecular weight is 345 g/mol. The van der Waals surface area contributed by atoms with Crippen LogP contribution < -0.4 is 0 Å². The number of hydrogen-bond acceptors (Lipinski definition) is 2. The maximum absolute atomic E-state index is 10.1. The van der Waals surface area contributed by atoms with Crippen LogP contribution in [0.1, 0.15) is 105 Å². The Morgan fingerprint density at radius 2 is 0.875 bits per heavy atom. The molecule has 0 saturated carbocycles. The predicted molar refractivity (Wildman–Crippen MR) is 100 cm³/mol. The summed E-state index contributed by atoms with van der Waals surface area (Å²) in [7, 11) is 0. The van der Waals surface area contributed by atoms with Crippen LogP contribution in [0.3, 0.4) is 0 Å². The molecule has 0 aliphatic carbocycles. The van der Waals surface area contributed by atoms with E-state index in [9.17, 15) is 9.59 Å². The smallest absolute Gasteiger partial charge is 0.303 e. The Morgan fingerprint density at radius 3 is 1.12 bits per heavy atom. The van der Waals surface area contributed by atoms with Gasteiger partial charge in [0.15, 0.2) is 0 Å². The fraction of sp³-hybridized carbons (Fsp3) is 0.900. The zero-order chi connectivity index (χ0) is 18.8. The minimum atomic E-state index is -0.668. The van der Waals surface area contributed by atoms with Crippen molar-refractivity contribution in [1.82, 2.24) is 0 Å². The number of hydrogen-bond donors (Lipinski definition) is 2. The van der Waals surface area contributed by atoms with Gasteiger partial charge in [-0.2, -0.15) is 0 Å². The van der Waals surface area contributed by atoms with Gasteiger partial charge in [0.1, 0.15) is 0 Å². The topological polar surface area (TPSA) is 74.6 Å². The minimum absolute atomic E-state index is 0.335. The molecule has 0 aromatic carbocycles. The van der Waals surface area contributed by atoms with Crippen LogP contribution in [0.5, 0.6) is 0 Å². The van der Waals surface area contributed by atoms with Crippen molar-refractivity contribution >= 4 is 11.9 Å². The fourth-order valence-electron chi connectivity index (χ4n) is 2.36. The van der Waals surface area contributed by atoms with E-state index in [-0.39, 0.29) is 0 Å². The summed E-state index contributed by atoms with van der Waals surface area (Å²) >= 11 is 0. The highest BCUT2D eigenvalue weighted by molar-refractivity contribution is 5.66. The molecular weight excluding hydrogens is 304 g/mol. The van der Waals surface area contributed by atoms with Crippen LogP contribution in [0.4, 0.5) is 0 Å². The van der Waals surface area contributed by atoms with Gasteiger partial charge in [-0.25, -0.2) is 0 Å². The van der Waals surface area contributed by atoms with Gasteiger partial charge in [-0.3, -0.25) is 9.59 Å². The van der Waals surface area contributed by atoms with Gasteiger partial charge in [0.2, 0.25) is 0 Å². The summed E-state index contributed by atoms with van der Waals surface area (Å²) in [6.45, 7) is 8.88. The van der Waals surface area contributed by atoms with Crippen LogP contribution in [0.15, 0.2) is 0 Å². The Kier molecular flexibility index (Phi) is 19.2. The average Bonchev–Trinajstić information content (AvgIpc) is 2.46. The van der Waals surface area contributed by atoms with Crippen molar-refractivity contribution in [1.29, 1.82) is 0 Å². The molecule has 0 bridgehead atoms. The van der Waals surface area contributed by atoms with E-state index in [1.54, 1.807) is 0 Å². The van der Waals surface area contributed by atoms with E-state index in [0.717, 1.165) is 37.5 Å². The number of carboxylic acids is 2. The van der Waals surface area contributed by atoms with Crippen molar-refractivity contribution in [2.45, 2.75) is 105 Å². The molecule has 0 saturated heterocycles. The minimum Gasteiger partial charge on any atom is -0.481 e. The lowest BCUT2D eigenvalue weighted by atomic mass is 10.0. The molecule has 24 heavy (non-hydrogen) atoms. The maximum Gasteiger partial charge on any atom is 0.303 e. The van der Waals surface area contributed by atoms with Crippen molar-refractivity contribution in [3.8, 4) is 0 Å². The Balaban J connectivity index is 0. The normalized spacial score (nSPS) is 10.6. The van der Waals surface area contributed by atoms with Crippen LogP contribution in [0.25, 0.3) is 0 Å². The summed E-state index contributed by atoms with van der Waals surface area (Å²) in [6, 6.07) is 0. The lowest BCUT2D eigenvalue weighted by molar-refractivity contribution is -0.138. The zero-order valence-electron chi connectivity index (χ0n) is 16.4. The summed E-state index contributed by atoms with van der Waals surface area (Å²) in [6.07, 6.45) is 11.9. The Labute approximate surface area is 149 Å².